The van der Waals surface area contributed by atoms with Crippen LogP contribution in [0.1, 0.15) is 18.4 Å². The Hall–Kier alpha value is -2.35. The number of methoxy groups -OCH3 is 1. The zero-order valence-electron chi connectivity index (χ0n) is 16.2. The van der Waals surface area contributed by atoms with Crippen LogP contribution in [-0.2, 0) is 20.8 Å². The van der Waals surface area contributed by atoms with Gasteiger partial charge in [0, 0.05) is 51.5 Å². The molecule has 27 heavy (non-hydrogen) atoms. The van der Waals surface area contributed by atoms with Crippen molar-refractivity contribution in [1.82, 2.24) is 15.2 Å². The maximum Gasteiger partial charge on any atom is 0.308 e. The molecule has 0 bridgehead atoms. The summed E-state index contributed by atoms with van der Waals surface area (Å²) in [5.74, 6) is 1.75. The van der Waals surface area contributed by atoms with Gasteiger partial charge < -0.3 is 24.6 Å². The molecule has 3 rings (SSSR count). The van der Waals surface area contributed by atoms with Crippen LogP contribution in [0.4, 0.5) is 5.82 Å². The number of guanidine groups is 1. The van der Waals surface area contributed by atoms with Crippen LogP contribution in [0.5, 0.6) is 0 Å². The Morgan fingerprint density at radius 2 is 2.07 bits per heavy atom. The highest BCUT2D eigenvalue weighted by molar-refractivity contribution is 5.80. The zero-order chi connectivity index (χ0) is 19.1. The van der Waals surface area contributed by atoms with E-state index in [9.17, 15) is 4.79 Å². The number of pyridine rings is 1. The number of aliphatic imine (C=N–C) groups is 1. The van der Waals surface area contributed by atoms with Gasteiger partial charge in [0.05, 0.1) is 26.2 Å². The molecule has 0 saturated carbocycles. The Morgan fingerprint density at radius 3 is 2.74 bits per heavy atom. The van der Waals surface area contributed by atoms with Gasteiger partial charge >= 0.3 is 5.97 Å². The van der Waals surface area contributed by atoms with E-state index in [1.807, 2.05) is 12.3 Å². The minimum atomic E-state index is -0.108. The van der Waals surface area contributed by atoms with Gasteiger partial charge in [-0.25, -0.2) is 4.98 Å². The predicted molar refractivity (Wildman–Crippen MR) is 104 cm³/mol. The average molecular weight is 375 g/mol. The van der Waals surface area contributed by atoms with Gasteiger partial charge in [-0.1, -0.05) is 6.07 Å². The Balaban J connectivity index is 1.58. The molecule has 8 heteroatoms. The number of carbonyl (C=O) groups is 1. The second-order valence-corrected chi connectivity index (χ2v) is 6.77. The molecule has 2 aliphatic rings. The van der Waals surface area contributed by atoms with Crippen molar-refractivity contribution >= 4 is 17.7 Å². The van der Waals surface area contributed by atoms with Gasteiger partial charge in [0.2, 0.25) is 0 Å². The summed E-state index contributed by atoms with van der Waals surface area (Å²) in [6, 6.07) is 4.06. The summed E-state index contributed by atoms with van der Waals surface area (Å²) in [5, 5.41) is 3.45. The second kappa shape index (κ2) is 9.55. The first-order chi connectivity index (χ1) is 13.2. The predicted octanol–water partition coefficient (Wildman–Crippen LogP) is 0.879. The third-order valence-electron chi connectivity index (χ3n) is 5.16. The van der Waals surface area contributed by atoms with Crippen LogP contribution < -0.4 is 10.2 Å². The lowest BCUT2D eigenvalue weighted by atomic mass is 9.97. The number of nitrogens with one attached hydrogen (secondary N) is 1. The number of carbonyl (C=O) groups excluding carboxylic acids is 1. The van der Waals surface area contributed by atoms with E-state index in [-0.39, 0.29) is 11.9 Å². The van der Waals surface area contributed by atoms with E-state index in [0.717, 1.165) is 69.6 Å². The fourth-order valence-electron chi connectivity index (χ4n) is 3.63. The van der Waals surface area contributed by atoms with E-state index in [1.165, 1.54) is 7.11 Å². The number of piperidine rings is 1. The van der Waals surface area contributed by atoms with Gasteiger partial charge in [-0.3, -0.25) is 9.79 Å². The Labute approximate surface area is 160 Å². The fourth-order valence-corrected chi connectivity index (χ4v) is 3.63. The monoisotopic (exact) mass is 375 g/mol. The second-order valence-electron chi connectivity index (χ2n) is 6.77. The molecule has 2 aliphatic heterocycles. The summed E-state index contributed by atoms with van der Waals surface area (Å²) in [6.45, 7) is 5.44. The van der Waals surface area contributed by atoms with Gasteiger partial charge in [-0.15, -0.1) is 0 Å². The number of likely N-dealkylation sites (tertiary alicyclic amines) is 1. The molecule has 8 nitrogen and oxygen atoms in total. The van der Waals surface area contributed by atoms with Crippen molar-refractivity contribution in [2.75, 3.05) is 58.5 Å². The van der Waals surface area contributed by atoms with Crippen LogP contribution in [0.25, 0.3) is 0 Å². The number of aromatic nitrogens is 1. The van der Waals surface area contributed by atoms with Crippen LogP contribution in [0.15, 0.2) is 23.3 Å². The molecule has 0 atom stereocenters. The number of esters is 1. The maximum atomic E-state index is 11.7. The largest absolute Gasteiger partial charge is 0.469 e. The minimum Gasteiger partial charge on any atom is -0.469 e. The number of rotatable bonds is 4. The van der Waals surface area contributed by atoms with E-state index >= 15 is 0 Å². The van der Waals surface area contributed by atoms with E-state index in [4.69, 9.17) is 9.47 Å². The molecular formula is C19H29N5O3. The van der Waals surface area contributed by atoms with E-state index in [1.54, 1.807) is 7.05 Å². The van der Waals surface area contributed by atoms with Crippen LogP contribution >= 0.6 is 0 Å². The first kappa shape index (κ1) is 19.4. The van der Waals surface area contributed by atoms with Crippen molar-refractivity contribution < 1.29 is 14.3 Å². The van der Waals surface area contributed by atoms with Crippen LogP contribution in [0, 0.1) is 5.92 Å². The van der Waals surface area contributed by atoms with Crippen molar-refractivity contribution in [3.8, 4) is 0 Å². The number of ether oxygens (including phenoxy) is 2. The molecule has 2 fully saturated rings. The fraction of sp³-hybridized carbons (Fsp3) is 0.632. The number of anilines is 1. The van der Waals surface area contributed by atoms with Crippen molar-refractivity contribution in [2.24, 2.45) is 10.9 Å². The quantitative estimate of drug-likeness (QED) is 0.475. The van der Waals surface area contributed by atoms with Gasteiger partial charge in [-0.05, 0) is 18.9 Å². The zero-order valence-corrected chi connectivity index (χ0v) is 16.2. The average Bonchev–Trinajstić information content (AvgIpc) is 2.75. The van der Waals surface area contributed by atoms with Gasteiger partial charge in [-0.2, -0.15) is 0 Å². The summed E-state index contributed by atoms with van der Waals surface area (Å²) in [5.41, 5.74) is 1.14. The SMILES string of the molecule is CN=C(NCc1cccnc1N1CCOCC1)N1CCC(C(=O)OC)CC1. The molecule has 0 aromatic carbocycles. The highest BCUT2D eigenvalue weighted by atomic mass is 16.5. The summed E-state index contributed by atoms with van der Waals surface area (Å²) in [4.78, 5) is 25.2. The number of hydrogen-bond donors (Lipinski definition) is 1. The Bertz CT molecular complexity index is 653. The number of hydrogen-bond acceptors (Lipinski definition) is 6. The first-order valence-electron chi connectivity index (χ1n) is 9.53. The molecule has 0 amide bonds. The number of morpholine rings is 1. The minimum absolute atomic E-state index is 0.00407. The molecule has 1 aromatic rings. The smallest absolute Gasteiger partial charge is 0.308 e. The number of nitrogens with zero attached hydrogens (tertiary/aromatic N) is 4. The molecule has 3 heterocycles. The molecule has 0 spiro atoms. The molecule has 2 saturated heterocycles. The van der Waals surface area contributed by atoms with E-state index in [0.29, 0.717) is 6.54 Å². The van der Waals surface area contributed by atoms with Crippen molar-refractivity contribution in [1.29, 1.82) is 0 Å². The van der Waals surface area contributed by atoms with Crippen molar-refractivity contribution in [3.05, 3.63) is 23.9 Å². The third kappa shape index (κ3) is 4.88. The standard InChI is InChI=1S/C19H29N5O3/c1-20-19(24-8-5-15(6-9-24)18(25)26-2)22-14-16-4-3-7-21-17(16)23-10-12-27-13-11-23/h3-4,7,15H,5-6,8-14H2,1-2H3,(H,20,22). The van der Waals surface area contributed by atoms with Crippen LogP contribution in [0.3, 0.4) is 0 Å². The molecule has 1 N–H and O–H groups in total. The topological polar surface area (TPSA) is 79.3 Å². The van der Waals surface area contributed by atoms with Gasteiger partial charge in [0.1, 0.15) is 5.82 Å². The first-order valence-corrected chi connectivity index (χ1v) is 9.53. The Morgan fingerprint density at radius 1 is 1.33 bits per heavy atom. The summed E-state index contributed by atoms with van der Waals surface area (Å²) in [6.07, 6.45) is 3.42. The maximum absolute atomic E-state index is 11.7. The lowest BCUT2D eigenvalue weighted by Crippen LogP contribution is -2.46. The molecule has 0 unspecified atom stereocenters. The summed E-state index contributed by atoms with van der Waals surface area (Å²) < 4.78 is 10.3. The van der Waals surface area contributed by atoms with Crippen molar-refractivity contribution in [2.45, 2.75) is 19.4 Å². The van der Waals surface area contributed by atoms with Crippen LogP contribution in [-0.4, -0.2) is 75.4 Å². The summed E-state index contributed by atoms with van der Waals surface area (Å²) in [7, 11) is 3.25. The van der Waals surface area contributed by atoms with E-state index < -0.39 is 0 Å². The van der Waals surface area contributed by atoms with E-state index in [2.05, 4.69) is 31.2 Å². The molecule has 0 radical (unpaired) electrons. The lowest BCUT2D eigenvalue weighted by Gasteiger charge is -2.33. The molecule has 0 aliphatic carbocycles. The Kier molecular flexibility index (Phi) is 6.86. The highest BCUT2D eigenvalue weighted by Crippen LogP contribution is 2.20. The van der Waals surface area contributed by atoms with Gasteiger partial charge in [0.15, 0.2) is 5.96 Å². The molecule has 148 valence electrons. The van der Waals surface area contributed by atoms with Gasteiger partial charge in [0.25, 0.3) is 0 Å². The third-order valence-corrected chi connectivity index (χ3v) is 5.16. The van der Waals surface area contributed by atoms with Crippen molar-refractivity contribution in [3.63, 3.8) is 0 Å². The molecule has 1 aromatic heterocycles. The lowest BCUT2D eigenvalue weighted by molar-refractivity contribution is -0.146. The summed E-state index contributed by atoms with van der Waals surface area (Å²) >= 11 is 0. The van der Waals surface area contributed by atoms with Crippen LogP contribution in [0.2, 0.25) is 0 Å². The highest BCUT2D eigenvalue weighted by Gasteiger charge is 2.27. The molecular weight excluding hydrogens is 346 g/mol. The normalized spacial score (nSPS) is 19.1.